The minimum absolute atomic E-state index is 0.0502. The summed E-state index contributed by atoms with van der Waals surface area (Å²) in [5.41, 5.74) is 1.70. The molecule has 1 aliphatic rings. The zero-order chi connectivity index (χ0) is 15.0. The summed E-state index contributed by atoms with van der Waals surface area (Å²) in [7, 11) is 1.77. The van der Waals surface area contributed by atoms with Crippen molar-refractivity contribution in [2.24, 2.45) is 0 Å². The minimum atomic E-state index is -0.317. The number of fused-ring (bicyclic) bond motifs is 1. The molecule has 1 heterocycles. The van der Waals surface area contributed by atoms with Gasteiger partial charge in [-0.25, -0.2) is 0 Å². The number of carbonyl (C=O) groups is 1. The number of rotatable bonds is 3. The Morgan fingerprint density at radius 1 is 1.33 bits per heavy atom. The monoisotopic (exact) mass is 458 g/mol. The second-order valence-corrected chi connectivity index (χ2v) is 6.74. The Balaban J connectivity index is 1.95. The van der Waals surface area contributed by atoms with E-state index in [4.69, 9.17) is 4.74 Å². The van der Waals surface area contributed by atoms with Crippen LogP contribution in [0.3, 0.4) is 0 Å². The molecule has 108 valence electrons. The largest absolute Gasteiger partial charge is 0.456 e. The zero-order valence-corrected chi connectivity index (χ0v) is 14.9. The normalized spacial score (nSPS) is 16.5. The fourth-order valence-electron chi connectivity index (χ4n) is 2.28. The molecule has 2 aromatic rings. The molecular formula is C15H12BrIN2O2. The van der Waals surface area contributed by atoms with Gasteiger partial charge in [0, 0.05) is 20.9 Å². The molecule has 0 saturated heterocycles. The third-order valence-corrected chi connectivity index (χ3v) is 4.54. The van der Waals surface area contributed by atoms with Crippen molar-refractivity contribution in [3.05, 3.63) is 50.0 Å². The average Bonchev–Trinajstić information content (AvgIpc) is 2.74. The molecule has 6 heteroatoms. The van der Waals surface area contributed by atoms with E-state index in [9.17, 15) is 4.79 Å². The van der Waals surface area contributed by atoms with E-state index in [-0.39, 0.29) is 11.9 Å². The Kier molecular flexibility index (Phi) is 4.19. The van der Waals surface area contributed by atoms with Crippen LogP contribution in [-0.4, -0.2) is 13.0 Å². The van der Waals surface area contributed by atoms with Crippen LogP contribution in [0.4, 0.5) is 5.69 Å². The SMILES string of the molecule is CNC1C(=O)Nc2cc(Oc3cccc(I)c3)c(Br)cc21. The fourth-order valence-corrected chi connectivity index (χ4v) is 3.24. The van der Waals surface area contributed by atoms with Gasteiger partial charge in [0.1, 0.15) is 17.5 Å². The molecular weight excluding hydrogens is 447 g/mol. The van der Waals surface area contributed by atoms with Gasteiger partial charge in [-0.05, 0) is 69.8 Å². The molecule has 2 aromatic carbocycles. The Bertz CT molecular complexity index is 721. The Morgan fingerprint density at radius 3 is 2.86 bits per heavy atom. The van der Waals surface area contributed by atoms with Crippen molar-refractivity contribution in [1.29, 1.82) is 0 Å². The molecule has 0 spiro atoms. The van der Waals surface area contributed by atoms with Crippen LogP contribution in [0.2, 0.25) is 0 Å². The molecule has 0 bridgehead atoms. The van der Waals surface area contributed by atoms with Crippen LogP contribution in [-0.2, 0) is 4.79 Å². The standard InChI is InChI=1S/C15H12BrIN2O2/c1-18-14-10-6-11(16)13(7-12(10)19-15(14)20)21-9-4-2-3-8(17)5-9/h2-7,14,18H,1H3,(H,19,20). The Labute approximate surface area is 144 Å². The highest BCUT2D eigenvalue weighted by atomic mass is 127. The summed E-state index contributed by atoms with van der Waals surface area (Å²) in [6, 6.07) is 11.2. The van der Waals surface area contributed by atoms with E-state index in [2.05, 4.69) is 49.2 Å². The van der Waals surface area contributed by atoms with Crippen LogP contribution in [0.25, 0.3) is 0 Å². The average molecular weight is 459 g/mol. The van der Waals surface area contributed by atoms with Gasteiger partial charge in [-0.3, -0.25) is 4.79 Å². The molecule has 1 aliphatic heterocycles. The fraction of sp³-hybridized carbons (Fsp3) is 0.133. The number of likely N-dealkylation sites (N-methyl/N-ethyl adjacent to an activating group) is 1. The summed E-state index contributed by atoms with van der Waals surface area (Å²) >= 11 is 5.75. The summed E-state index contributed by atoms with van der Waals surface area (Å²) < 4.78 is 7.82. The van der Waals surface area contributed by atoms with Crippen molar-refractivity contribution >= 4 is 50.1 Å². The first-order chi connectivity index (χ1) is 10.1. The molecule has 0 aromatic heterocycles. The molecule has 21 heavy (non-hydrogen) atoms. The quantitative estimate of drug-likeness (QED) is 0.682. The maximum absolute atomic E-state index is 11.9. The van der Waals surface area contributed by atoms with E-state index in [0.29, 0.717) is 5.75 Å². The molecule has 0 radical (unpaired) electrons. The van der Waals surface area contributed by atoms with Gasteiger partial charge in [0.05, 0.1) is 4.47 Å². The van der Waals surface area contributed by atoms with Crippen molar-refractivity contribution in [2.45, 2.75) is 6.04 Å². The predicted molar refractivity (Wildman–Crippen MR) is 93.8 cm³/mol. The van der Waals surface area contributed by atoms with Gasteiger partial charge in [0.2, 0.25) is 5.91 Å². The molecule has 0 aliphatic carbocycles. The van der Waals surface area contributed by atoms with Crippen LogP contribution in [0.1, 0.15) is 11.6 Å². The van der Waals surface area contributed by atoms with Crippen LogP contribution in [0.5, 0.6) is 11.5 Å². The van der Waals surface area contributed by atoms with Crippen molar-refractivity contribution in [3.63, 3.8) is 0 Å². The Morgan fingerprint density at radius 2 is 2.14 bits per heavy atom. The number of amides is 1. The van der Waals surface area contributed by atoms with E-state index in [1.54, 1.807) is 7.05 Å². The number of nitrogens with one attached hydrogen (secondary N) is 2. The maximum atomic E-state index is 11.9. The van der Waals surface area contributed by atoms with Crippen molar-refractivity contribution < 1.29 is 9.53 Å². The first-order valence-corrected chi connectivity index (χ1v) is 8.20. The van der Waals surface area contributed by atoms with Gasteiger partial charge in [-0.1, -0.05) is 6.07 Å². The number of benzene rings is 2. The molecule has 1 atom stereocenters. The van der Waals surface area contributed by atoms with Crippen LogP contribution < -0.4 is 15.4 Å². The van der Waals surface area contributed by atoms with Crippen molar-refractivity contribution in [2.75, 3.05) is 12.4 Å². The van der Waals surface area contributed by atoms with Crippen LogP contribution >= 0.6 is 38.5 Å². The molecule has 2 N–H and O–H groups in total. The van der Waals surface area contributed by atoms with Crippen molar-refractivity contribution in [1.82, 2.24) is 5.32 Å². The minimum Gasteiger partial charge on any atom is -0.456 e. The lowest BCUT2D eigenvalue weighted by atomic mass is 10.1. The number of anilines is 1. The van der Waals surface area contributed by atoms with Gasteiger partial charge in [0.15, 0.2) is 0 Å². The molecule has 1 unspecified atom stereocenters. The first-order valence-electron chi connectivity index (χ1n) is 6.33. The van der Waals surface area contributed by atoms with Crippen molar-refractivity contribution in [3.8, 4) is 11.5 Å². The topological polar surface area (TPSA) is 50.4 Å². The molecule has 0 fully saturated rings. The summed E-state index contributed by atoms with van der Waals surface area (Å²) in [5, 5.41) is 5.86. The third-order valence-electron chi connectivity index (χ3n) is 3.25. The molecule has 3 rings (SSSR count). The highest BCUT2D eigenvalue weighted by Gasteiger charge is 2.30. The summed E-state index contributed by atoms with van der Waals surface area (Å²) in [5.74, 6) is 1.38. The molecule has 1 amide bonds. The number of ether oxygens (including phenoxy) is 1. The third kappa shape index (κ3) is 2.93. The lowest BCUT2D eigenvalue weighted by Gasteiger charge is -2.11. The second kappa shape index (κ2) is 5.94. The summed E-state index contributed by atoms with van der Waals surface area (Å²) in [6.45, 7) is 0. The van der Waals surface area contributed by atoms with Gasteiger partial charge in [-0.15, -0.1) is 0 Å². The van der Waals surface area contributed by atoms with Gasteiger partial charge in [-0.2, -0.15) is 0 Å². The number of hydrogen-bond donors (Lipinski definition) is 2. The highest BCUT2D eigenvalue weighted by molar-refractivity contribution is 14.1. The molecule has 0 saturated carbocycles. The van der Waals surface area contributed by atoms with Crippen LogP contribution in [0, 0.1) is 3.57 Å². The van der Waals surface area contributed by atoms with E-state index < -0.39 is 0 Å². The number of halogens is 2. The van der Waals surface area contributed by atoms with Crippen LogP contribution in [0.15, 0.2) is 40.9 Å². The predicted octanol–water partition coefficient (Wildman–Crippen LogP) is 4.06. The lowest BCUT2D eigenvalue weighted by molar-refractivity contribution is -0.117. The van der Waals surface area contributed by atoms with Gasteiger partial charge < -0.3 is 15.4 Å². The van der Waals surface area contributed by atoms with Gasteiger partial charge >= 0.3 is 0 Å². The highest BCUT2D eigenvalue weighted by Crippen LogP contribution is 2.40. The molecule has 4 nitrogen and oxygen atoms in total. The zero-order valence-electron chi connectivity index (χ0n) is 11.1. The van der Waals surface area contributed by atoms with E-state index in [1.165, 1.54) is 0 Å². The second-order valence-electron chi connectivity index (χ2n) is 4.64. The van der Waals surface area contributed by atoms with E-state index in [1.807, 2.05) is 36.4 Å². The smallest absolute Gasteiger partial charge is 0.246 e. The summed E-state index contributed by atoms with van der Waals surface area (Å²) in [4.78, 5) is 11.9. The lowest BCUT2D eigenvalue weighted by Crippen LogP contribution is -2.23. The Hall–Kier alpha value is -1.12. The first kappa shape index (κ1) is 14.8. The summed E-state index contributed by atoms with van der Waals surface area (Å²) in [6.07, 6.45) is 0. The number of hydrogen-bond acceptors (Lipinski definition) is 3. The number of carbonyl (C=O) groups excluding carboxylic acids is 1. The van der Waals surface area contributed by atoms with E-state index >= 15 is 0 Å². The van der Waals surface area contributed by atoms with Gasteiger partial charge in [0.25, 0.3) is 0 Å². The maximum Gasteiger partial charge on any atom is 0.246 e. The van der Waals surface area contributed by atoms with E-state index in [0.717, 1.165) is 25.0 Å².